The number of thioether (sulfide) groups is 1. The molecule has 0 amide bonds. The Balaban J connectivity index is 1.54. The highest BCUT2D eigenvalue weighted by Gasteiger charge is 2.11. The highest BCUT2D eigenvalue weighted by Crippen LogP contribution is 2.23. The third-order valence-corrected chi connectivity index (χ3v) is 5.01. The molecule has 1 aliphatic rings. The van der Waals surface area contributed by atoms with Crippen LogP contribution in [-0.2, 0) is 0 Å². The van der Waals surface area contributed by atoms with Gasteiger partial charge in [0.1, 0.15) is 0 Å². The van der Waals surface area contributed by atoms with E-state index < -0.39 is 0 Å². The number of hydrogen-bond acceptors (Lipinski definition) is 3. The second-order valence-corrected chi connectivity index (χ2v) is 6.41. The van der Waals surface area contributed by atoms with Crippen LogP contribution in [0.25, 0.3) is 0 Å². The molecule has 1 nitrogen and oxygen atoms in total. The number of nitrogens with one attached hydrogen (secondary N) is 1. The zero-order valence-electron chi connectivity index (χ0n) is 9.08. The van der Waals surface area contributed by atoms with Crippen LogP contribution in [0.1, 0.15) is 32.1 Å². The average molecular weight is 241 g/mol. The topological polar surface area (TPSA) is 12.0 Å². The Morgan fingerprint density at radius 3 is 2.93 bits per heavy atom. The number of thiophene rings is 1. The van der Waals surface area contributed by atoms with Gasteiger partial charge in [-0.1, -0.05) is 25.3 Å². The van der Waals surface area contributed by atoms with Crippen molar-refractivity contribution in [3.63, 3.8) is 0 Å². The zero-order valence-corrected chi connectivity index (χ0v) is 10.7. The summed E-state index contributed by atoms with van der Waals surface area (Å²) >= 11 is 3.82. The Hall–Kier alpha value is 0.01000. The molecule has 1 aromatic rings. The molecule has 1 N–H and O–H groups in total. The molecule has 2 rings (SSSR count). The summed E-state index contributed by atoms with van der Waals surface area (Å²) in [5, 5.41) is 5.82. The molecule has 0 unspecified atom stereocenters. The Morgan fingerprint density at radius 1 is 1.33 bits per heavy atom. The normalized spacial score (nSPS) is 18.1. The van der Waals surface area contributed by atoms with Crippen LogP contribution in [0.15, 0.2) is 21.7 Å². The van der Waals surface area contributed by atoms with Gasteiger partial charge in [0.25, 0.3) is 0 Å². The van der Waals surface area contributed by atoms with E-state index in [4.69, 9.17) is 0 Å². The predicted molar refractivity (Wildman–Crippen MR) is 69.9 cm³/mol. The van der Waals surface area contributed by atoms with Gasteiger partial charge in [-0.2, -0.15) is 0 Å². The molecule has 1 aliphatic carbocycles. The molecule has 0 bridgehead atoms. The van der Waals surface area contributed by atoms with Crippen molar-refractivity contribution in [2.75, 3.05) is 12.3 Å². The summed E-state index contributed by atoms with van der Waals surface area (Å²) in [5.74, 6) is 1.21. The van der Waals surface area contributed by atoms with Crippen molar-refractivity contribution < 1.29 is 0 Å². The Labute approximate surface area is 101 Å². The van der Waals surface area contributed by atoms with Gasteiger partial charge in [-0.3, -0.25) is 0 Å². The fourth-order valence-corrected chi connectivity index (χ4v) is 3.80. The van der Waals surface area contributed by atoms with Crippen LogP contribution in [0.2, 0.25) is 0 Å². The SMILES string of the molecule is c1csc(SCCNC2CCCCC2)c1. The second kappa shape index (κ2) is 6.56. The highest BCUT2D eigenvalue weighted by atomic mass is 32.2. The van der Waals surface area contributed by atoms with Crippen molar-refractivity contribution in [3.8, 4) is 0 Å². The Kier molecular flexibility index (Phi) is 5.03. The minimum atomic E-state index is 0.808. The quantitative estimate of drug-likeness (QED) is 0.622. The Bertz CT molecular complexity index is 253. The van der Waals surface area contributed by atoms with E-state index in [0.717, 1.165) is 12.6 Å². The van der Waals surface area contributed by atoms with Gasteiger partial charge in [0.05, 0.1) is 4.21 Å². The molecule has 1 fully saturated rings. The summed E-state index contributed by atoms with van der Waals surface area (Å²) in [6.07, 6.45) is 7.08. The van der Waals surface area contributed by atoms with Crippen LogP contribution < -0.4 is 5.32 Å². The first kappa shape index (κ1) is 11.5. The fourth-order valence-electron chi connectivity index (χ4n) is 2.07. The highest BCUT2D eigenvalue weighted by molar-refractivity contribution is 8.01. The first-order chi connectivity index (χ1) is 7.45. The van der Waals surface area contributed by atoms with Crippen molar-refractivity contribution in [2.24, 2.45) is 0 Å². The molecular weight excluding hydrogens is 222 g/mol. The van der Waals surface area contributed by atoms with E-state index >= 15 is 0 Å². The maximum atomic E-state index is 3.67. The largest absolute Gasteiger partial charge is 0.313 e. The van der Waals surface area contributed by atoms with Gasteiger partial charge in [-0.05, 0) is 24.3 Å². The smallest absolute Gasteiger partial charge is 0.0598 e. The molecule has 15 heavy (non-hydrogen) atoms. The first-order valence-corrected chi connectivity index (χ1v) is 7.71. The van der Waals surface area contributed by atoms with E-state index in [9.17, 15) is 0 Å². The van der Waals surface area contributed by atoms with Gasteiger partial charge >= 0.3 is 0 Å². The third kappa shape index (κ3) is 4.17. The lowest BCUT2D eigenvalue weighted by molar-refractivity contribution is 0.381. The van der Waals surface area contributed by atoms with E-state index in [1.54, 1.807) is 0 Å². The predicted octanol–water partition coefficient (Wildman–Crippen LogP) is 3.76. The molecule has 0 spiro atoms. The van der Waals surface area contributed by atoms with Crippen molar-refractivity contribution in [1.82, 2.24) is 5.32 Å². The van der Waals surface area contributed by atoms with Gasteiger partial charge in [0.2, 0.25) is 0 Å². The molecule has 1 heterocycles. The molecule has 1 aromatic heterocycles. The average Bonchev–Trinajstić information content (AvgIpc) is 2.79. The second-order valence-electron chi connectivity index (χ2n) is 4.07. The Morgan fingerprint density at radius 2 is 2.20 bits per heavy atom. The molecule has 0 radical (unpaired) electrons. The van der Waals surface area contributed by atoms with Gasteiger partial charge in [-0.25, -0.2) is 0 Å². The lowest BCUT2D eigenvalue weighted by Crippen LogP contribution is -2.32. The molecule has 0 saturated heterocycles. The summed E-state index contributed by atoms with van der Waals surface area (Å²) < 4.78 is 1.44. The lowest BCUT2D eigenvalue weighted by Gasteiger charge is -2.22. The van der Waals surface area contributed by atoms with E-state index in [1.165, 1.54) is 42.1 Å². The first-order valence-electron chi connectivity index (χ1n) is 5.85. The maximum absolute atomic E-state index is 3.67. The molecule has 0 atom stereocenters. The fraction of sp³-hybridized carbons (Fsp3) is 0.667. The van der Waals surface area contributed by atoms with Crippen LogP contribution in [0.4, 0.5) is 0 Å². The van der Waals surface area contributed by atoms with Crippen LogP contribution >= 0.6 is 23.1 Å². The molecule has 0 aromatic carbocycles. The van der Waals surface area contributed by atoms with Crippen molar-refractivity contribution >= 4 is 23.1 Å². The van der Waals surface area contributed by atoms with Crippen LogP contribution in [0.3, 0.4) is 0 Å². The minimum Gasteiger partial charge on any atom is -0.313 e. The number of rotatable bonds is 5. The maximum Gasteiger partial charge on any atom is 0.0598 e. The standard InChI is InChI=1S/C12H19NS2/c1-2-5-11(6-3-1)13-8-10-15-12-7-4-9-14-12/h4,7,9,11,13H,1-3,5-6,8,10H2. The summed E-state index contributed by atoms with van der Waals surface area (Å²) in [5.41, 5.74) is 0. The van der Waals surface area contributed by atoms with E-state index in [0.29, 0.717) is 0 Å². The van der Waals surface area contributed by atoms with Crippen molar-refractivity contribution in [2.45, 2.75) is 42.4 Å². The summed E-state index contributed by atoms with van der Waals surface area (Å²) in [6.45, 7) is 1.16. The van der Waals surface area contributed by atoms with Gasteiger partial charge in [0, 0.05) is 18.3 Å². The third-order valence-electron chi connectivity index (χ3n) is 2.88. The number of hydrogen-bond donors (Lipinski definition) is 1. The molecule has 0 aliphatic heterocycles. The molecular formula is C12H19NS2. The van der Waals surface area contributed by atoms with Gasteiger partial charge < -0.3 is 5.32 Å². The molecule has 84 valence electrons. The van der Waals surface area contributed by atoms with Gasteiger partial charge in [0.15, 0.2) is 0 Å². The summed E-state index contributed by atoms with van der Waals surface area (Å²) in [4.78, 5) is 0. The summed E-state index contributed by atoms with van der Waals surface area (Å²) in [7, 11) is 0. The van der Waals surface area contributed by atoms with Crippen molar-refractivity contribution in [1.29, 1.82) is 0 Å². The van der Waals surface area contributed by atoms with Crippen LogP contribution in [-0.4, -0.2) is 18.3 Å². The zero-order chi connectivity index (χ0) is 10.3. The molecule has 3 heteroatoms. The molecule has 1 saturated carbocycles. The summed E-state index contributed by atoms with van der Waals surface area (Å²) in [6, 6.07) is 5.14. The van der Waals surface area contributed by atoms with Crippen LogP contribution in [0.5, 0.6) is 0 Å². The van der Waals surface area contributed by atoms with E-state index in [2.05, 4.69) is 22.8 Å². The van der Waals surface area contributed by atoms with Crippen LogP contribution in [0, 0.1) is 0 Å². The minimum absolute atomic E-state index is 0.808. The van der Waals surface area contributed by atoms with E-state index in [1.807, 2.05) is 23.1 Å². The van der Waals surface area contributed by atoms with Crippen molar-refractivity contribution in [3.05, 3.63) is 17.5 Å². The van der Waals surface area contributed by atoms with E-state index in [-0.39, 0.29) is 0 Å². The lowest BCUT2D eigenvalue weighted by atomic mass is 9.96. The van der Waals surface area contributed by atoms with Gasteiger partial charge in [-0.15, -0.1) is 23.1 Å². The monoisotopic (exact) mass is 241 g/mol.